The van der Waals surface area contributed by atoms with Crippen molar-refractivity contribution in [3.8, 4) is 0 Å². The molecule has 0 nitrogen and oxygen atoms in total. The molecule has 0 aromatic rings. The zero-order valence-electron chi connectivity index (χ0n) is 3.58. The Balaban J connectivity index is 2.34. The molecule has 0 aliphatic heterocycles. The molecule has 6 heavy (non-hydrogen) atoms. The van der Waals surface area contributed by atoms with Crippen LogP contribution in [0.4, 0.5) is 4.39 Å². The molecular formula is C4H8BrF. The lowest BCUT2D eigenvalue weighted by Crippen LogP contribution is -1.75. The van der Waals surface area contributed by atoms with Gasteiger partial charge in [0.25, 0.3) is 0 Å². The summed E-state index contributed by atoms with van der Waals surface area (Å²) in [7, 11) is 0. The van der Waals surface area contributed by atoms with Crippen molar-refractivity contribution in [2.45, 2.75) is 12.8 Å². The number of hydrogen-bond donors (Lipinski definition) is 0. The van der Waals surface area contributed by atoms with Gasteiger partial charge in [-0.15, -0.1) is 0 Å². The summed E-state index contributed by atoms with van der Waals surface area (Å²) in [4.78, 5) is 0. The molecule has 0 aliphatic carbocycles. The molecule has 0 heterocycles. The summed E-state index contributed by atoms with van der Waals surface area (Å²) < 4.78 is 11.2. The Morgan fingerprint density at radius 2 is 2.00 bits per heavy atom. The van der Waals surface area contributed by atoms with Crippen LogP contribution >= 0.6 is 15.9 Å². The van der Waals surface area contributed by atoms with Gasteiger partial charge in [-0.1, -0.05) is 15.9 Å². The maximum absolute atomic E-state index is 11.2. The second kappa shape index (κ2) is 5.41. The van der Waals surface area contributed by atoms with E-state index in [1.807, 2.05) is 0 Å². The van der Waals surface area contributed by atoms with Gasteiger partial charge in [0.15, 0.2) is 0 Å². The average molecular weight is 154 g/mol. The third-order valence-corrected chi connectivity index (χ3v) is 1.08. The molecule has 0 aliphatic rings. The van der Waals surface area contributed by atoms with Gasteiger partial charge in [0.1, 0.15) is 0 Å². The molecule has 0 amide bonds. The van der Waals surface area contributed by atoms with Crippen LogP contribution in [0.25, 0.3) is 0 Å². The monoisotopic (exact) mass is 153 g/mol. The molecular weight excluding hydrogens is 146 g/mol. The molecule has 0 spiro atoms. The fourth-order valence-electron chi connectivity index (χ4n) is 0.189. The van der Waals surface area contributed by atoms with E-state index in [0.29, 0.717) is 6.42 Å². The first-order chi connectivity index (χ1) is 2.91. The van der Waals surface area contributed by atoms with Crippen LogP contribution in [0, 0.1) is 0 Å². The van der Waals surface area contributed by atoms with Crippen molar-refractivity contribution < 1.29 is 4.39 Å². The fraction of sp³-hybridized carbons (Fsp3) is 1.00. The van der Waals surface area contributed by atoms with Crippen molar-refractivity contribution in [2.75, 3.05) is 12.0 Å². The second-order valence-corrected chi connectivity index (χ2v) is 1.88. The number of unbranched alkanes of at least 4 members (excludes halogenated alkanes) is 1. The summed E-state index contributed by atoms with van der Waals surface area (Å²) in [6, 6.07) is 0. The summed E-state index contributed by atoms with van der Waals surface area (Å²) >= 11 is 3.18. The minimum Gasteiger partial charge on any atom is -0.251 e. The zero-order valence-corrected chi connectivity index (χ0v) is 5.17. The van der Waals surface area contributed by atoms with Crippen molar-refractivity contribution in [1.82, 2.24) is 0 Å². The number of rotatable bonds is 3. The molecule has 0 unspecified atom stereocenters. The lowest BCUT2D eigenvalue weighted by Gasteiger charge is -1.82. The molecule has 0 rings (SSSR count). The standard InChI is InChI=1S/C4H8BrF/c5-3-1-2-4-6/h1-4H2/i6-1. The topological polar surface area (TPSA) is 0 Å². The molecule has 2 heteroatoms. The van der Waals surface area contributed by atoms with Crippen LogP contribution in [-0.2, 0) is 0 Å². The number of alkyl halides is 2. The summed E-state index contributed by atoms with van der Waals surface area (Å²) in [6.45, 7) is -0.175. The third kappa shape index (κ3) is 4.41. The minimum atomic E-state index is -0.175. The van der Waals surface area contributed by atoms with Gasteiger partial charge in [-0.05, 0) is 12.8 Å². The summed E-state index contributed by atoms with van der Waals surface area (Å²) in [5.41, 5.74) is 0. The van der Waals surface area contributed by atoms with Crippen molar-refractivity contribution in [3.63, 3.8) is 0 Å². The molecule has 0 saturated carbocycles. The molecule has 0 saturated heterocycles. The first-order valence-electron chi connectivity index (χ1n) is 2.03. The van der Waals surface area contributed by atoms with Crippen molar-refractivity contribution in [3.05, 3.63) is 0 Å². The van der Waals surface area contributed by atoms with E-state index < -0.39 is 0 Å². The molecule has 0 fully saturated rings. The Morgan fingerprint density at radius 1 is 1.33 bits per heavy atom. The SMILES string of the molecule is [18F]CCCCBr. The summed E-state index contributed by atoms with van der Waals surface area (Å²) in [5.74, 6) is 0. The van der Waals surface area contributed by atoms with Gasteiger partial charge in [0.2, 0.25) is 0 Å². The van der Waals surface area contributed by atoms with Gasteiger partial charge in [-0.25, -0.2) is 0 Å². The van der Waals surface area contributed by atoms with Crippen LogP contribution < -0.4 is 0 Å². The number of hydrogen-bond acceptors (Lipinski definition) is 0. The van der Waals surface area contributed by atoms with Crippen molar-refractivity contribution in [1.29, 1.82) is 0 Å². The van der Waals surface area contributed by atoms with E-state index in [1.165, 1.54) is 0 Å². The lowest BCUT2D eigenvalue weighted by atomic mass is 10.4. The summed E-state index contributed by atoms with van der Waals surface area (Å²) in [6.07, 6.45) is 1.65. The second-order valence-electron chi connectivity index (χ2n) is 1.09. The highest BCUT2D eigenvalue weighted by Crippen LogP contribution is 1.92. The Labute approximate surface area is 45.9 Å². The quantitative estimate of drug-likeness (QED) is 0.431. The summed E-state index contributed by atoms with van der Waals surface area (Å²) in [5, 5.41) is 0.928. The molecule has 0 aromatic carbocycles. The average Bonchev–Trinajstić information content (AvgIpc) is 1.61. The fourth-order valence-corrected chi connectivity index (χ4v) is 0.585. The highest BCUT2D eigenvalue weighted by Gasteiger charge is 1.79. The number of halogens is 2. The van der Waals surface area contributed by atoms with Gasteiger partial charge in [0.05, 0.1) is 6.67 Å². The molecule has 38 valence electrons. The normalized spacial score (nSPS) is 9.00. The highest BCUT2D eigenvalue weighted by molar-refractivity contribution is 9.09. The Kier molecular flexibility index (Phi) is 5.78. The van der Waals surface area contributed by atoms with Gasteiger partial charge in [-0.3, -0.25) is 4.39 Å². The van der Waals surface area contributed by atoms with Crippen molar-refractivity contribution in [2.24, 2.45) is 0 Å². The highest BCUT2D eigenvalue weighted by atomic mass is 79.9. The predicted molar refractivity (Wildman–Crippen MR) is 29.0 cm³/mol. The zero-order chi connectivity index (χ0) is 4.83. The van der Waals surface area contributed by atoms with Crippen LogP contribution in [0.15, 0.2) is 0 Å². The van der Waals surface area contributed by atoms with Crippen LogP contribution in [0.2, 0.25) is 0 Å². The Bertz CT molecular complexity index is 19.5. The van der Waals surface area contributed by atoms with E-state index in [4.69, 9.17) is 0 Å². The van der Waals surface area contributed by atoms with Gasteiger partial charge < -0.3 is 0 Å². The molecule has 0 aromatic heterocycles. The Hall–Kier alpha value is 0.410. The minimum absolute atomic E-state index is 0.175. The van der Waals surface area contributed by atoms with Crippen LogP contribution in [-0.4, -0.2) is 12.0 Å². The first kappa shape index (κ1) is 6.41. The van der Waals surface area contributed by atoms with E-state index >= 15 is 0 Å². The van der Waals surface area contributed by atoms with E-state index in [1.54, 1.807) is 0 Å². The van der Waals surface area contributed by atoms with E-state index in [9.17, 15) is 4.39 Å². The first-order valence-corrected chi connectivity index (χ1v) is 3.16. The van der Waals surface area contributed by atoms with Gasteiger partial charge in [-0.2, -0.15) is 0 Å². The molecule has 0 radical (unpaired) electrons. The maximum Gasteiger partial charge on any atom is 0.0894 e. The van der Waals surface area contributed by atoms with Gasteiger partial charge >= 0.3 is 0 Å². The molecule has 0 bridgehead atoms. The molecule has 0 atom stereocenters. The smallest absolute Gasteiger partial charge is 0.0894 e. The van der Waals surface area contributed by atoms with Crippen LogP contribution in [0.5, 0.6) is 0 Å². The predicted octanol–water partition coefficient (Wildman–Crippen LogP) is 2.13. The van der Waals surface area contributed by atoms with E-state index in [2.05, 4.69) is 15.9 Å². The third-order valence-electron chi connectivity index (χ3n) is 0.517. The maximum atomic E-state index is 11.2. The van der Waals surface area contributed by atoms with Crippen LogP contribution in [0.3, 0.4) is 0 Å². The molecule has 0 N–H and O–H groups in total. The van der Waals surface area contributed by atoms with E-state index in [-0.39, 0.29) is 6.67 Å². The Morgan fingerprint density at radius 3 is 2.17 bits per heavy atom. The van der Waals surface area contributed by atoms with Crippen LogP contribution in [0.1, 0.15) is 12.8 Å². The van der Waals surface area contributed by atoms with Gasteiger partial charge in [0, 0.05) is 5.33 Å². The van der Waals surface area contributed by atoms with Crippen molar-refractivity contribution >= 4 is 15.9 Å². The van der Waals surface area contributed by atoms with E-state index in [0.717, 1.165) is 11.8 Å². The lowest BCUT2D eigenvalue weighted by molar-refractivity contribution is 0.470. The largest absolute Gasteiger partial charge is 0.251 e.